The van der Waals surface area contributed by atoms with Crippen molar-refractivity contribution in [3.05, 3.63) is 59.6 Å². The summed E-state index contributed by atoms with van der Waals surface area (Å²) in [4.78, 5) is 12.5. The summed E-state index contributed by atoms with van der Waals surface area (Å²) in [5, 5.41) is 15.7. The van der Waals surface area contributed by atoms with Crippen molar-refractivity contribution in [3.8, 4) is 11.5 Å². The molecule has 1 heterocycles. The van der Waals surface area contributed by atoms with Crippen molar-refractivity contribution in [3.63, 3.8) is 0 Å². The van der Waals surface area contributed by atoms with E-state index in [1.807, 2.05) is 0 Å². The summed E-state index contributed by atoms with van der Waals surface area (Å²) in [7, 11) is 3.07. The van der Waals surface area contributed by atoms with Gasteiger partial charge in [-0.25, -0.2) is 0 Å². The number of nitrogens with zero attached hydrogens (tertiary/aromatic N) is 1. The molecule has 0 aliphatic rings. The van der Waals surface area contributed by atoms with Gasteiger partial charge in [0, 0.05) is 11.1 Å². The highest BCUT2D eigenvalue weighted by Crippen LogP contribution is 2.24. The van der Waals surface area contributed by atoms with Crippen molar-refractivity contribution < 1.29 is 23.9 Å². The molecule has 0 bridgehead atoms. The van der Waals surface area contributed by atoms with E-state index in [1.165, 1.54) is 7.11 Å². The van der Waals surface area contributed by atoms with E-state index in [4.69, 9.17) is 13.9 Å². The van der Waals surface area contributed by atoms with Gasteiger partial charge in [0.2, 0.25) is 0 Å². The maximum Gasteiger partial charge on any atom is 0.268 e. The molecule has 0 radical (unpaired) electrons. The number of amides is 1. The average Bonchev–Trinajstić information content (AvgIpc) is 2.66. The molecule has 128 valence electrons. The molecule has 0 unspecified atom stereocenters. The van der Waals surface area contributed by atoms with E-state index in [2.05, 4.69) is 10.5 Å². The highest BCUT2D eigenvalue weighted by atomic mass is 16.5. The van der Waals surface area contributed by atoms with Gasteiger partial charge < -0.3 is 24.4 Å². The maximum atomic E-state index is 12.5. The molecule has 2 aromatic carbocycles. The van der Waals surface area contributed by atoms with Crippen molar-refractivity contribution >= 4 is 22.6 Å². The van der Waals surface area contributed by atoms with E-state index in [9.17, 15) is 10.0 Å². The van der Waals surface area contributed by atoms with Gasteiger partial charge in [-0.05, 0) is 41.6 Å². The molecular weight excluding hydrogens is 324 g/mol. The van der Waals surface area contributed by atoms with Crippen LogP contribution < -0.4 is 20.3 Å². The fourth-order valence-electron chi connectivity index (χ4n) is 2.40. The molecule has 1 aromatic heterocycles. The number of methoxy groups -OCH3 is 2. The van der Waals surface area contributed by atoms with E-state index in [0.717, 1.165) is 0 Å². The molecule has 3 rings (SSSR count). The normalized spacial score (nSPS) is 11.4. The van der Waals surface area contributed by atoms with Crippen LogP contribution in [0.5, 0.6) is 11.5 Å². The predicted molar refractivity (Wildman–Crippen MR) is 91.1 cm³/mol. The Balaban J connectivity index is 2.00. The SMILES string of the molecule is COc1ccc(NC(=O)c2cc3cccc(OC)c3o/c2=N/O)cc1. The third-order valence-corrected chi connectivity index (χ3v) is 3.64. The van der Waals surface area contributed by atoms with Crippen LogP contribution in [0.15, 0.2) is 58.1 Å². The number of hydrogen-bond donors (Lipinski definition) is 2. The van der Waals surface area contributed by atoms with Gasteiger partial charge in [0.15, 0.2) is 11.3 Å². The van der Waals surface area contributed by atoms with Gasteiger partial charge in [0.05, 0.1) is 14.2 Å². The van der Waals surface area contributed by atoms with Crippen LogP contribution in [0.1, 0.15) is 10.4 Å². The second-order valence-electron chi connectivity index (χ2n) is 5.13. The van der Waals surface area contributed by atoms with Crippen molar-refractivity contribution in [2.24, 2.45) is 5.16 Å². The molecule has 7 nitrogen and oxygen atoms in total. The minimum absolute atomic E-state index is 0.0964. The Morgan fingerprint density at radius 3 is 2.52 bits per heavy atom. The molecule has 0 atom stereocenters. The molecule has 0 saturated heterocycles. The van der Waals surface area contributed by atoms with E-state index >= 15 is 0 Å². The number of anilines is 1. The molecule has 0 fully saturated rings. The van der Waals surface area contributed by atoms with Gasteiger partial charge in [0.25, 0.3) is 11.5 Å². The number of fused-ring (bicyclic) bond motifs is 1. The summed E-state index contributed by atoms with van der Waals surface area (Å²) in [6.45, 7) is 0. The molecule has 0 aliphatic carbocycles. The standard InChI is InChI=1S/C18H16N2O5/c1-23-13-8-6-12(7-9-13)19-17(21)14-10-11-4-3-5-15(24-2)16(11)25-18(14)20-22/h3-10,22H,1-2H3,(H,19,21)/b20-18+. The molecule has 0 aliphatic heterocycles. The van der Waals surface area contributed by atoms with Gasteiger partial charge in [-0.15, -0.1) is 0 Å². The quantitative estimate of drug-likeness (QED) is 0.562. The van der Waals surface area contributed by atoms with Crippen molar-refractivity contribution in [1.29, 1.82) is 0 Å². The van der Waals surface area contributed by atoms with Crippen LogP contribution in [-0.2, 0) is 0 Å². The highest BCUT2D eigenvalue weighted by Gasteiger charge is 2.15. The van der Waals surface area contributed by atoms with Gasteiger partial charge in [-0.2, -0.15) is 0 Å². The van der Waals surface area contributed by atoms with E-state index < -0.39 is 5.91 Å². The number of nitrogens with one attached hydrogen (secondary N) is 1. The largest absolute Gasteiger partial charge is 0.497 e. The fourth-order valence-corrected chi connectivity index (χ4v) is 2.40. The number of rotatable bonds is 4. The lowest BCUT2D eigenvalue weighted by Crippen LogP contribution is -2.21. The second kappa shape index (κ2) is 6.96. The van der Waals surface area contributed by atoms with Crippen LogP contribution in [0.25, 0.3) is 11.0 Å². The highest BCUT2D eigenvalue weighted by molar-refractivity contribution is 6.05. The monoisotopic (exact) mass is 340 g/mol. The smallest absolute Gasteiger partial charge is 0.268 e. The van der Waals surface area contributed by atoms with Gasteiger partial charge in [0.1, 0.15) is 11.3 Å². The Kier molecular flexibility index (Phi) is 4.56. The first-order valence-electron chi connectivity index (χ1n) is 7.40. The number of carbonyl (C=O) groups excluding carboxylic acids is 1. The van der Waals surface area contributed by atoms with Crippen molar-refractivity contribution in [2.45, 2.75) is 0 Å². The number of benzene rings is 2. The average molecular weight is 340 g/mol. The number of carbonyl (C=O) groups is 1. The molecule has 0 saturated carbocycles. The Morgan fingerprint density at radius 2 is 1.88 bits per heavy atom. The Bertz CT molecular complexity index is 977. The molecule has 3 aromatic rings. The van der Waals surface area contributed by atoms with Gasteiger partial charge in [-0.3, -0.25) is 4.79 Å². The van der Waals surface area contributed by atoms with Crippen LogP contribution in [0.2, 0.25) is 0 Å². The number of ether oxygens (including phenoxy) is 2. The number of hydrogen-bond acceptors (Lipinski definition) is 6. The topological polar surface area (TPSA) is 93.3 Å². The van der Waals surface area contributed by atoms with Crippen molar-refractivity contribution in [2.75, 3.05) is 19.5 Å². The third kappa shape index (κ3) is 3.25. The van der Waals surface area contributed by atoms with Gasteiger partial charge >= 0.3 is 0 Å². The molecule has 7 heteroatoms. The lowest BCUT2D eigenvalue weighted by atomic mass is 10.1. The number of para-hydroxylation sites is 1. The van der Waals surface area contributed by atoms with Crippen LogP contribution in [0.4, 0.5) is 5.69 Å². The predicted octanol–water partition coefficient (Wildman–Crippen LogP) is 2.99. The summed E-state index contributed by atoms with van der Waals surface area (Å²) >= 11 is 0. The molecule has 1 amide bonds. The second-order valence-corrected chi connectivity index (χ2v) is 5.13. The first kappa shape index (κ1) is 16.4. The van der Waals surface area contributed by atoms with Crippen molar-refractivity contribution in [1.82, 2.24) is 0 Å². The summed E-state index contributed by atoms with van der Waals surface area (Å²) in [5.41, 5.74) is 0.848. The fraction of sp³-hybridized carbons (Fsp3) is 0.111. The third-order valence-electron chi connectivity index (χ3n) is 3.64. The van der Waals surface area contributed by atoms with Crippen LogP contribution >= 0.6 is 0 Å². The lowest BCUT2D eigenvalue weighted by molar-refractivity contribution is 0.102. The van der Waals surface area contributed by atoms with Crippen LogP contribution in [-0.4, -0.2) is 25.3 Å². The lowest BCUT2D eigenvalue weighted by Gasteiger charge is -2.08. The summed E-state index contributed by atoms with van der Waals surface area (Å²) in [5.74, 6) is 0.688. The van der Waals surface area contributed by atoms with E-state index in [0.29, 0.717) is 28.2 Å². The Hall–Kier alpha value is -3.48. The molecular formula is C18H16N2O5. The van der Waals surface area contributed by atoms with Crippen LogP contribution in [0.3, 0.4) is 0 Å². The summed E-state index contributed by atoms with van der Waals surface area (Å²) in [6.07, 6.45) is 0. The Morgan fingerprint density at radius 1 is 1.12 bits per heavy atom. The zero-order valence-corrected chi connectivity index (χ0v) is 13.6. The van der Waals surface area contributed by atoms with Gasteiger partial charge in [-0.1, -0.05) is 12.1 Å². The zero-order chi connectivity index (χ0) is 17.8. The van der Waals surface area contributed by atoms with E-state index in [-0.39, 0.29) is 11.1 Å². The Labute approximate surface area is 143 Å². The first-order valence-corrected chi connectivity index (χ1v) is 7.40. The molecule has 0 spiro atoms. The minimum Gasteiger partial charge on any atom is -0.497 e. The van der Waals surface area contributed by atoms with Crippen LogP contribution in [0, 0.1) is 0 Å². The first-order chi connectivity index (χ1) is 12.2. The molecule has 25 heavy (non-hydrogen) atoms. The summed E-state index contributed by atoms with van der Waals surface area (Å²) in [6, 6.07) is 13.7. The molecule has 2 N–H and O–H groups in total. The summed E-state index contributed by atoms with van der Waals surface area (Å²) < 4.78 is 15.8. The zero-order valence-electron chi connectivity index (χ0n) is 13.6. The minimum atomic E-state index is -0.466. The van der Waals surface area contributed by atoms with E-state index in [1.54, 1.807) is 55.6 Å². The maximum absolute atomic E-state index is 12.5.